The Morgan fingerprint density at radius 1 is 1.10 bits per heavy atom. The molecule has 2 N–H and O–H groups in total. The summed E-state index contributed by atoms with van der Waals surface area (Å²) in [6.45, 7) is 0.349. The maximum absolute atomic E-state index is 12.0. The summed E-state index contributed by atoms with van der Waals surface area (Å²) in [4.78, 5) is 12.0. The summed E-state index contributed by atoms with van der Waals surface area (Å²) >= 11 is 0. The lowest BCUT2D eigenvalue weighted by molar-refractivity contribution is 0.0948. The van der Waals surface area contributed by atoms with Gasteiger partial charge in [0.1, 0.15) is 17.2 Å². The summed E-state index contributed by atoms with van der Waals surface area (Å²) < 4.78 is 10.1. The van der Waals surface area contributed by atoms with E-state index in [4.69, 9.17) is 9.47 Å². The number of phenolic OH excluding ortho intramolecular Hbond substituents is 1. The van der Waals surface area contributed by atoms with E-state index < -0.39 is 0 Å². The average Bonchev–Trinajstić information content (AvgIpc) is 2.52. The Bertz CT molecular complexity index is 640. The average molecular weight is 287 g/mol. The van der Waals surface area contributed by atoms with Crippen molar-refractivity contribution in [3.63, 3.8) is 0 Å². The minimum Gasteiger partial charge on any atom is -0.507 e. The predicted molar refractivity (Wildman–Crippen MR) is 78.8 cm³/mol. The van der Waals surface area contributed by atoms with Gasteiger partial charge in [-0.05, 0) is 29.8 Å². The third-order valence-corrected chi connectivity index (χ3v) is 3.04. The Hall–Kier alpha value is -2.69. The van der Waals surface area contributed by atoms with Crippen LogP contribution >= 0.6 is 0 Å². The zero-order chi connectivity index (χ0) is 15.2. The van der Waals surface area contributed by atoms with Crippen LogP contribution in [0.3, 0.4) is 0 Å². The van der Waals surface area contributed by atoms with Gasteiger partial charge in [-0.25, -0.2) is 0 Å². The Morgan fingerprint density at radius 3 is 2.48 bits per heavy atom. The van der Waals surface area contributed by atoms with Crippen molar-refractivity contribution in [1.29, 1.82) is 0 Å². The summed E-state index contributed by atoms with van der Waals surface area (Å²) in [5.74, 6) is 0.765. The molecule has 0 aliphatic heterocycles. The first-order valence-electron chi connectivity index (χ1n) is 6.42. The lowest BCUT2D eigenvalue weighted by Crippen LogP contribution is -2.22. The van der Waals surface area contributed by atoms with Crippen LogP contribution in [0, 0.1) is 0 Å². The molecule has 2 rings (SSSR count). The number of aromatic hydroxyl groups is 1. The predicted octanol–water partition coefficient (Wildman–Crippen LogP) is 2.34. The highest BCUT2D eigenvalue weighted by molar-refractivity contribution is 5.96. The Balaban J connectivity index is 2.04. The molecule has 0 radical (unpaired) electrons. The largest absolute Gasteiger partial charge is 0.507 e. The molecule has 0 saturated heterocycles. The van der Waals surface area contributed by atoms with Crippen LogP contribution in [0.4, 0.5) is 0 Å². The van der Waals surface area contributed by atoms with Crippen molar-refractivity contribution in [2.45, 2.75) is 6.54 Å². The number of carbonyl (C=O) groups is 1. The Morgan fingerprint density at radius 2 is 1.81 bits per heavy atom. The van der Waals surface area contributed by atoms with Crippen LogP contribution in [0.1, 0.15) is 15.9 Å². The van der Waals surface area contributed by atoms with E-state index in [1.807, 2.05) is 24.3 Å². The first kappa shape index (κ1) is 14.7. The van der Waals surface area contributed by atoms with E-state index in [0.29, 0.717) is 12.3 Å². The van der Waals surface area contributed by atoms with Crippen molar-refractivity contribution >= 4 is 5.91 Å². The fourth-order valence-corrected chi connectivity index (χ4v) is 1.89. The molecule has 0 saturated carbocycles. The van der Waals surface area contributed by atoms with Crippen LogP contribution in [0.15, 0.2) is 42.5 Å². The number of amides is 1. The molecule has 1 amide bonds. The summed E-state index contributed by atoms with van der Waals surface area (Å²) in [7, 11) is 3.09. The van der Waals surface area contributed by atoms with Gasteiger partial charge >= 0.3 is 0 Å². The van der Waals surface area contributed by atoms with Crippen LogP contribution in [-0.2, 0) is 6.54 Å². The van der Waals surface area contributed by atoms with Crippen LogP contribution in [0.25, 0.3) is 0 Å². The molecule has 0 fully saturated rings. The van der Waals surface area contributed by atoms with E-state index in [-0.39, 0.29) is 17.2 Å². The quantitative estimate of drug-likeness (QED) is 0.885. The van der Waals surface area contributed by atoms with Crippen molar-refractivity contribution in [3.05, 3.63) is 53.6 Å². The van der Waals surface area contributed by atoms with Gasteiger partial charge < -0.3 is 19.9 Å². The molecule has 5 nitrogen and oxygen atoms in total. The molecular weight excluding hydrogens is 270 g/mol. The lowest BCUT2D eigenvalue weighted by atomic mass is 10.1. The minimum absolute atomic E-state index is 0.113. The van der Waals surface area contributed by atoms with Crippen LogP contribution in [0.5, 0.6) is 17.2 Å². The van der Waals surface area contributed by atoms with Crippen LogP contribution in [0.2, 0.25) is 0 Å². The number of methoxy groups -OCH3 is 2. The second kappa shape index (κ2) is 6.65. The number of rotatable bonds is 5. The summed E-state index contributed by atoms with van der Waals surface area (Å²) in [6.07, 6.45) is 0. The van der Waals surface area contributed by atoms with E-state index in [0.717, 1.165) is 11.3 Å². The summed E-state index contributed by atoms with van der Waals surface area (Å²) in [6, 6.07) is 12.0. The van der Waals surface area contributed by atoms with Gasteiger partial charge in [0.2, 0.25) is 0 Å². The molecule has 5 heteroatoms. The molecule has 0 aliphatic rings. The molecular formula is C16H17NO4. The molecule has 0 spiro atoms. The number of hydrogen-bond donors (Lipinski definition) is 2. The zero-order valence-corrected chi connectivity index (χ0v) is 11.9. The molecule has 0 unspecified atom stereocenters. The van der Waals surface area contributed by atoms with E-state index >= 15 is 0 Å². The zero-order valence-electron chi connectivity index (χ0n) is 11.9. The van der Waals surface area contributed by atoms with Gasteiger partial charge in [-0.1, -0.05) is 12.1 Å². The van der Waals surface area contributed by atoms with Gasteiger partial charge in [-0.3, -0.25) is 4.79 Å². The molecule has 21 heavy (non-hydrogen) atoms. The number of nitrogens with one attached hydrogen (secondary N) is 1. The third kappa shape index (κ3) is 3.66. The number of phenols is 1. The number of hydrogen-bond acceptors (Lipinski definition) is 4. The molecule has 0 aliphatic carbocycles. The summed E-state index contributed by atoms with van der Waals surface area (Å²) in [5, 5.41) is 12.6. The van der Waals surface area contributed by atoms with E-state index in [9.17, 15) is 9.90 Å². The highest BCUT2D eigenvalue weighted by atomic mass is 16.5. The maximum atomic E-state index is 12.0. The standard InChI is InChI=1S/C16H17NO4/c1-20-12-5-3-4-11(8-12)10-17-16(19)14-7-6-13(21-2)9-15(14)18/h3-9,18H,10H2,1-2H3,(H,17,19). The van der Waals surface area contributed by atoms with Gasteiger partial charge in [0, 0.05) is 12.6 Å². The first-order valence-corrected chi connectivity index (χ1v) is 6.42. The molecule has 0 atom stereocenters. The highest BCUT2D eigenvalue weighted by Gasteiger charge is 2.11. The fraction of sp³-hybridized carbons (Fsp3) is 0.188. The van der Waals surface area contributed by atoms with Gasteiger partial charge in [-0.2, -0.15) is 0 Å². The fourth-order valence-electron chi connectivity index (χ4n) is 1.89. The second-order valence-corrected chi connectivity index (χ2v) is 4.42. The normalized spacial score (nSPS) is 10.0. The van der Waals surface area contributed by atoms with Crippen molar-refractivity contribution in [2.24, 2.45) is 0 Å². The smallest absolute Gasteiger partial charge is 0.255 e. The monoisotopic (exact) mass is 287 g/mol. The van der Waals surface area contributed by atoms with Gasteiger partial charge in [0.25, 0.3) is 5.91 Å². The lowest BCUT2D eigenvalue weighted by Gasteiger charge is -2.09. The van der Waals surface area contributed by atoms with Gasteiger partial charge in [0.15, 0.2) is 0 Å². The van der Waals surface area contributed by atoms with Crippen LogP contribution < -0.4 is 14.8 Å². The van der Waals surface area contributed by atoms with Crippen molar-refractivity contribution in [1.82, 2.24) is 5.32 Å². The maximum Gasteiger partial charge on any atom is 0.255 e. The molecule has 2 aromatic rings. The Labute approximate surface area is 123 Å². The van der Waals surface area contributed by atoms with E-state index in [2.05, 4.69) is 5.32 Å². The van der Waals surface area contributed by atoms with E-state index in [1.54, 1.807) is 13.2 Å². The number of ether oxygens (including phenoxy) is 2. The second-order valence-electron chi connectivity index (χ2n) is 4.42. The van der Waals surface area contributed by atoms with Crippen molar-refractivity contribution < 1.29 is 19.4 Å². The van der Waals surface area contributed by atoms with Gasteiger partial charge in [-0.15, -0.1) is 0 Å². The van der Waals surface area contributed by atoms with E-state index in [1.165, 1.54) is 19.2 Å². The summed E-state index contributed by atoms with van der Waals surface area (Å²) in [5.41, 5.74) is 1.12. The first-order chi connectivity index (χ1) is 10.1. The van der Waals surface area contributed by atoms with Crippen LogP contribution in [-0.4, -0.2) is 25.2 Å². The van der Waals surface area contributed by atoms with Crippen molar-refractivity contribution in [3.8, 4) is 17.2 Å². The number of carbonyl (C=O) groups excluding carboxylic acids is 1. The highest BCUT2D eigenvalue weighted by Crippen LogP contribution is 2.23. The van der Waals surface area contributed by atoms with Gasteiger partial charge in [0.05, 0.1) is 19.8 Å². The minimum atomic E-state index is -0.349. The number of benzene rings is 2. The molecule has 2 aromatic carbocycles. The molecule has 0 heterocycles. The Kier molecular flexibility index (Phi) is 4.66. The van der Waals surface area contributed by atoms with Crippen molar-refractivity contribution in [2.75, 3.05) is 14.2 Å². The topological polar surface area (TPSA) is 67.8 Å². The molecule has 0 bridgehead atoms. The SMILES string of the molecule is COc1cccc(CNC(=O)c2ccc(OC)cc2O)c1. The molecule has 0 aromatic heterocycles. The third-order valence-electron chi connectivity index (χ3n) is 3.04. The molecule has 110 valence electrons.